The Balaban J connectivity index is 0. The van der Waals surface area contributed by atoms with E-state index in [2.05, 4.69) is 0 Å². The van der Waals surface area contributed by atoms with Crippen molar-refractivity contribution in [2.24, 2.45) is 5.41 Å². The molecule has 0 amide bonds. The minimum atomic E-state index is -1.15. The highest BCUT2D eigenvalue weighted by Gasteiger charge is 2.27. The summed E-state index contributed by atoms with van der Waals surface area (Å²) in [5.74, 6) is -3.44. The van der Waals surface area contributed by atoms with Crippen molar-refractivity contribution in [2.45, 2.75) is 6.92 Å². The molecular formula is C11H20O9. The molecule has 0 aliphatic carbocycles. The van der Waals surface area contributed by atoms with E-state index in [1.807, 2.05) is 0 Å². The van der Waals surface area contributed by atoms with Crippen molar-refractivity contribution in [3.8, 4) is 0 Å². The minimum Gasteiger partial charge on any atom is -0.480 e. The molecule has 0 fully saturated rings. The van der Waals surface area contributed by atoms with Gasteiger partial charge in [-0.3, -0.25) is 0 Å². The maximum absolute atomic E-state index is 10.3. The van der Waals surface area contributed by atoms with E-state index >= 15 is 0 Å². The number of ether oxygens (including phenoxy) is 3. The van der Waals surface area contributed by atoms with Crippen LogP contribution in [-0.2, 0) is 28.6 Å². The largest absolute Gasteiger partial charge is 0.480 e. The fraction of sp³-hybridized carbons (Fsp3) is 0.727. The first-order valence-corrected chi connectivity index (χ1v) is 5.64. The third-order valence-corrected chi connectivity index (χ3v) is 2.03. The molecule has 0 aromatic carbocycles. The number of carboxylic acid groups (broad SMARTS) is 3. The van der Waals surface area contributed by atoms with E-state index in [1.54, 1.807) is 6.92 Å². The van der Waals surface area contributed by atoms with Gasteiger partial charge < -0.3 is 29.5 Å². The van der Waals surface area contributed by atoms with Crippen LogP contribution in [0.25, 0.3) is 0 Å². The molecule has 118 valence electrons. The molecule has 0 heterocycles. The standard InChI is InChI=1S/C11H18O9.H2/c1-11(5-18-2-8(12)13,6-19-3-9(14)15)7-20-4-10(16)17;/h2-7H2,1H3,(H,12,13)(H,14,15)(H,16,17);1H. The Kier molecular flexibility index (Phi) is 8.45. The van der Waals surface area contributed by atoms with Gasteiger partial charge in [0.05, 0.1) is 19.8 Å². The summed E-state index contributed by atoms with van der Waals surface area (Å²) in [7, 11) is 0. The average Bonchev–Trinajstić information content (AvgIpc) is 2.27. The Morgan fingerprint density at radius 2 is 1.05 bits per heavy atom. The van der Waals surface area contributed by atoms with Crippen LogP contribution < -0.4 is 0 Å². The van der Waals surface area contributed by atoms with E-state index in [4.69, 9.17) is 29.5 Å². The van der Waals surface area contributed by atoms with Gasteiger partial charge in [-0.05, 0) is 0 Å². The van der Waals surface area contributed by atoms with Crippen LogP contribution in [0.15, 0.2) is 0 Å². The van der Waals surface area contributed by atoms with Gasteiger partial charge in [-0.25, -0.2) is 14.4 Å². The van der Waals surface area contributed by atoms with Gasteiger partial charge in [0.1, 0.15) is 19.8 Å². The van der Waals surface area contributed by atoms with Gasteiger partial charge >= 0.3 is 17.9 Å². The summed E-state index contributed by atoms with van der Waals surface area (Å²) in [6, 6.07) is 0. The van der Waals surface area contributed by atoms with Gasteiger partial charge in [0.25, 0.3) is 0 Å². The fourth-order valence-corrected chi connectivity index (χ4v) is 1.28. The summed E-state index contributed by atoms with van der Waals surface area (Å²) in [6.07, 6.45) is 0. The lowest BCUT2D eigenvalue weighted by atomic mass is 9.94. The van der Waals surface area contributed by atoms with Crippen molar-refractivity contribution in [1.29, 1.82) is 0 Å². The summed E-state index contributed by atoms with van der Waals surface area (Å²) < 4.78 is 14.8. The number of hydrogen-bond donors (Lipinski definition) is 3. The zero-order valence-electron chi connectivity index (χ0n) is 11.0. The van der Waals surface area contributed by atoms with Crippen LogP contribution in [0.1, 0.15) is 8.35 Å². The van der Waals surface area contributed by atoms with Crippen molar-refractivity contribution >= 4 is 17.9 Å². The lowest BCUT2D eigenvalue weighted by Gasteiger charge is -2.28. The van der Waals surface area contributed by atoms with Crippen molar-refractivity contribution in [2.75, 3.05) is 39.6 Å². The minimum absolute atomic E-state index is 0. The fourth-order valence-electron chi connectivity index (χ4n) is 1.28. The van der Waals surface area contributed by atoms with Crippen LogP contribution in [0, 0.1) is 5.41 Å². The molecule has 0 bridgehead atoms. The van der Waals surface area contributed by atoms with E-state index in [-0.39, 0.29) is 21.2 Å². The summed E-state index contributed by atoms with van der Waals surface area (Å²) in [5.41, 5.74) is -0.847. The number of hydrogen-bond acceptors (Lipinski definition) is 6. The topological polar surface area (TPSA) is 140 Å². The normalized spacial score (nSPS) is 11.2. The lowest BCUT2D eigenvalue weighted by molar-refractivity contribution is -0.149. The lowest BCUT2D eigenvalue weighted by Crippen LogP contribution is -2.36. The first-order valence-electron chi connectivity index (χ1n) is 5.64. The number of carboxylic acids is 3. The summed E-state index contributed by atoms with van der Waals surface area (Å²) in [6.45, 7) is -0.164. The van der Waals surface area contributed by atoms with Crippen molar-refractivity contribution in [1.82, 2.24) is 0 Å². The monoisotopic (exact) mass is 296 g/mol. The summed E-state index contributed by atoms with van der Waals surface area (Å²) >= 11 is 0. The molecule has 20 heavy (non-hydrogen) atoms. The van der Waals surface area contributed by atoms with Gasteiger partial charge in [-0.1, -0.05) is 6.92 Å². The second-order valence-corrected chi connectivity index (χ2v) is 4.47. The number of aliphatic carboxylic acids is 3. The maximum Gasteiger partial charge on any atom is 0.329 e. The van der Waals surface area contributed by atoms with E-state index in [0.29, 0.717) is 0 Å². The van der Waals surface area contributed by atoms with Gasteiger partial charge in [0, 0.05) is 6.84 Å². The Labute approximate surface area is 116 Å². The molecule has 0 spiro atoms. The molecule has 3 N–H and O–H groups in total. The van der Waals surface area contributed by atoms with Crippen LogP contribution in [0.5, 0.6) is 0 Å². The Morgan fingerprint density at radius 1 is 0.800 bits per heavy atom. The first-order chi connectivity index (χ1) is 9.25. The Morgan fingerprint density at radius 3 is 1.25 bits per heavy atom. The SMILES string of the molecule is CC(COCC(=O)O)(COCC(=O)O)COCC(=O)O.[HH]. The van der Waals surface area contributed by atoms with E-state index in [9.17, 15) is 14.4 Å². The van der Waals surface area contributed by atoms with E-state index in [1.165, 1.54) is 0 Å². The molecule has 0 unspecified atom stereocenters. The maximum atomic E-state index is 10.3. The van der Waals surface area contributed by atoms with Gasteiger partial charge in [0.2, 0.25) is 0 Å². The zero-order chi connectivity index (χ0) is 15.6. The van der Waals surface area contributed by atoms with Crippen molar-refractivity contribution < 1.29 is 45.3 Å². The Bertz CT molecular complexity index is 294. The molecule has 0 aromatic rings. The highest BCUT2D eigenvalue weighted by molar-refractivity contribution is 5.68. The van der Waals surface area contributed by atoms with Crippen LogP contribution in [-0.4, -0.2) is 72.9 Å². The van der Waals surface area contributed by atoms with Gasteiger partial charge in [0.15, 0.2) is 0 Å². The third kappa shape index (κ3) is 10.2. The van der Waals surface area contributed by atoms with E-state index < -0.39 is 43.1 Å². The molecular weight excluding hydrogens is 276 g/mol. The smallest absolute Gasteiger partial charge is 0.329 e. The van der Waals surface area contributed by atoms with E-state index in [0.717, 1.165) is 0 Å². The second-order valence-electron chi connectivity index (χ2n) is 4.47. The van der Waals surface area contributed by atoms with Crippen molar-refractivity contribution in [3.05, 3.63) is 0 Å². The highest BCUT2D eigenvalue weighted by Crippen LogP contribution is 2.18. The van der Waals surface area contributed by atoms with Crippen LogP contribution in [0.2, 0.25) is 0 Å². The molecule has 0 radical (unpaired) electrons. The number of rotatable bonds is 12. The van der Waals surface area contributed by atoms with Crippen LogP contribution >= 0.6 is 0 Å². The van der Waals surface area contributed by atoms with Crippen LogP contribution in [0.3, 0.4) is 0 Å². The molecule has 0 saturated heterocycles. The summed E-state index contributed by atoms with van der Waals surface area (Å²) in [4.78, 5) is 31.0. The second kappa shape index (κ2) is 9.23. The molecule has 9 heteroatoms. The molecule has 9 nitrogen and oxygen atoms in total. The van der Waals surface area contributed by atoms with Crippen molar-refractivity contribution in [3.63, 3.8) is 0 Å². The first kappa shape index (κ1) is 18.3. The quantitative estimate of drug-likeness (QED) is 0.436. The number of carbonyl (C=O) groups is 3. The molecule has 0 aliphatic heterocycles. The summed E-state index contributed by atoms with van der Waals surface area (Å²) in [5, 5.41) is 25.4. The molecule has 0 aliphatic rings. The average molecular weight is 296 g/mol. The van der Waals surface area contributed by atoms with Gasteiger partial charge in [-0.15, -0.1) is 0 Å². The predicted molar refractivity (Wildman–Crippen MR) is 65.6 cm³/mol. The highest BCUT2D eigenvalue weighted by atomic mass is 16.5. The molecule has 0 atom stereocenters. The van der Waals surface area contributed by atoms with Gasteiger partial charge in [-0.2, -0.15) is 0 Å². The molecule has 0 saturated carbocycles. The Hall–Kier alpha value is -1.71. The molecule has 0 rings (SSSR count). The van der Waals surface area contributed by atoms with Crippen LogP contribution in [0.4, 0.5) is 0 Å². The molecule has 0 aromatic heterocycles. The predicted octanol–water partition coefficient (Wildman–Crippen LogP) is -0.458. The zero-order valence-corrected chi connectivity index (χ0v) is 11.0. The third-order valence-electron chi connectivity index (χ3n) is 2.03.